The molecule has 11 nitrogen and oxygen atoms in total. The lowest BCUT2D eigenvalue weighted by Crippen LogP contribution is -2.30. The highest BCUT2D eigenvalue weighted by atomic mass is 33.1. The molecule has 1 saturated heterocycles. The first-order valence-corrected chi connectivity index (χ1v) is 18.7. The fourth-order valence-electron chi connectivity index (χ4n) is 3.96. The van der Waals surface area contributed by atoms with Crippen molar-refractivity contribution in [3.05, 3.63) is 29.8 Å². The summed E-state index contributed by atoms with van der Waals surface area (Å²) >= 11 is 1.70. The summed E-state index contributed by atoms with van der Waals surface area (Å²) in [5.74, 6) is 6.83. The van der Waals surface area contributed by atoms with E-state index in [1.165, 1.54) is 0 Å². The minimum Gasteiger partial charge on any atom is -0.490 e. The van der Waals surface area contributed by atoms with Gasteiger partial charge in [0, 0.05) is 29.4 Å². The Bertz CT molecular complexity index is 1100. The molecule has 0 bridgehead atoms. The predicted octanol–water partition coefficient (Wildman–Crippen LogP) is 2.67. The number of amides is 2. The van der Waals surface area contributed by atoms with E-state index in [0.29, 0.717) is 30.8 Å². The number of rotatable bonds is 21. The molecular weight excluding hydrogens is 649 g/mol. The van der Waals surface area contributed by atoms with Gasteiger partial charge in [0.25, 0.3) is 13.2 Å². The van der Waals surface area contributed by atoms with Gasteiger partial charge in [-0.15, -0.1) is 11.8 Å². The molecule has 2 amide bonds. The van der Waals surface area contributed by atoms with Crippen LogP contribution in [-0.2, 0) is 23.7 Å². The van der Waals surface area contributed by atoms with Crippen molar-refractivity contribution in [2.24, 2.45) is 5.73 Å². The highest BCUT2D eigenvalue weighted by Crippen LogP contribution is 2.38. The van der Waals surface area contributed by atoms with E-state index in [-0.39, 0.29) is 85.2 Å². The van der Waals surface area contributed by atoms with Crippen LogP contribution in [0.15, 0.2) is 24.3 Å². The van der Waals surface area contributed by atoms with Crippen LogP contribution in [-0.4, -0.2) is 116 Å². The number of benzene rings is 1. The second kappa shape index (κ2) is 22.9. The molecule has 1 aliphatic rings. The van der Waals surface area contributed by atoms with E-state index >= 15 is 0 Å². The first-order valence-electron chi connectivity index (χ1n) is 15.4. The molecule has 0 saturated carbocycles. The van der Waals surface area contributed by atoms with Crippen LogP contribution in [0, 0.1) is 11.7 Å². The Morgan fingerprint density at radius 2 is 2.07 bits per heavy atom. The van der Waals surface area contributed by atoms with Crippen LogP contribution in [0.4, 0.5) is 0 Å². The van der Waals surface area contributed by atoms with E-state index in [0.717, 1.165) is 5.75 Å². The molecule has 46 heavy (non-hydrogen) atoms. The summed E-state index contributed by atoms with van der Waals surface area (Å²) < 4.78 is 29.3. The van der Waals surface area contributed by atoms with Crippen molar-refractivity contribution in [1.29, 1.82) is 0 Å². The van der Waals surface area contributed by atoms with Crippen molar-refractivity contribution in [3.8, 4) is 17.5 Å². The lowest BCUT2D eigenvalue weighted by atomic mass is 9.71. The predicted molar refractivity (Wildman–Crippen MR) is 188 cm³/mol. The van der Waals surface area contributed by atoms with E-state index in [1.807, 2.05) is 6.92 Å². The molecule has 1 aromatic carbocycles. The van der Waals surface area contributed by atoms with Crippen molar-refractivity contribution in [2.45, 2.75) is 74.9 Å². The molecule has 1 heterocycles. The van der Waals surface area contributed by atoms with Gasteiger partial charge in [0.1, 0.15) is 35.9 Å². The highest BCUT2D eigenvalue weighted by molar-refractivity contribution is 8.77. The SMILES string of the molecule is CCS[C@H](C)O[C@@H]1C[C@H]([B]C#CCNC(=O)COCCOC(COc2cccc(C(=O)NCCN)c2)SSC(C)(C)C)OC1CO. The van der Waals surface area contributed by atoms with Crippen LogP contribution >= 0.6 is 33.3 Å². The van der Waals surface area contributed by atoms with Gasteiger partial charge in [0.15, 0.2) is 0 Å². The van der Waals surface area contributed by atoms with Crippen molar-refractivity contribution < 1.29 is 38.4 Å². The van der Waals surface area contributed by atoms with Crippen molar-refractivity contribution >= 4 is 52.4 Å². The van der Waals surface area contributed by atoms with E-state index < -0.39 is 0 Å². The second-order valence-electron chi connectivity index (χ2n) is 11.1. The third-order valence-corrected chi connectivity index (χ3v) is 10.4. The summed E-state index contributed by atoms with van der Waals surface area (Å²) in [6, 6.07) is 6.72. The molecule has 0 aliphatic carbocycles. The molecule has 2 unspecified atom stereocenters. The zero-order chi connectivity index (χ0) is 33.8. The summed E-state index contributed by atoms with van der Waals surface area (Å²) in [5.41, 5.74) is 5.68. The summed E-state index contributed by atoms with van der Waals surface area (Å²) in [6.07, 6.45) is 0.0690. The Morgan fingerprint density at radius 3 is 2.78 bits per heavy atom. The molecule has 5 atom stereocenters. The fraction of sp³-hybridized carbons (Fsp3) is 0.677. The smallest absolute Gasteiger partial charge is 0.251 e. The van der Waals surface area contributed by atoms with Crippen molar-refractivity contribution in [3.63, 3.8) is 0 Å². The van der Waals surface area contributed by atoms with Crippen molar-refractivity contribution in [1.82, 2.24) is 10.6 Å². The van der Waals surface area contributed by atoms with Gasteiger partial charge in [0.05, 0.1) is 32.5 Å². The third-order valence-electron chi connectivity index (χ3n) is 6.00. The number of nitrogens with two attached hydrogens (primary N) is 1. The fourth-order valence-corrected chi connectivity index (χ4v) is 6.84. The zero-order valence-electron chi connectivity index (χ0n) is 27.5. The molecule has 257 valence electrons. The Balaban J connectivity index is 1.68. The van der Waals surface area contributed by atoms with E-state index in [4.69, 9.17) is 29.4 Å². The highest BCUT2D eigenvalue weighted by Gasteiger charge is 2.36. The number of aliphatic hydroxyl groups excluding tert-OH is 1. The number of hydrogen-bond donors (Lipinski definition) is 4. The van der Waals surface area contributed by atoms with Gasteiger partial charge in [-0.1, -0.05) is 61.3 Å². The van der Waals surface area contributed by atoms with Gasteiger partial charge in [-0.2, -0.15) is 5.82 Å². The number of hydrogen-bond acceptors (Lipinski definition) is 12. The zero-order valence-corrected chi connectivity index (χ0v) is 29.9. The van der Waals surface area contributed by atoms with Crippen LogP contribution in [0.25, 0.3) is 0 Å². The summed E-state index contributed by atoms with van der Waals surface area (Å²) in [7, 11) is 4.97. The topological polar surface area (TPSA) is 151 Å². The monoisotopic (exact) mass is 698 g/mol. The number of carbonyl (C=O) groups excluding carboxylic acids is 2. The Hall–Kier alpha value is -1.61. The maximum Gasteiger partial charge on any atom is 0.251 e. The van der Waals surface area contributed by atoms with Gasteiger partial charge in [-0.25, -0.2) is 0 Å². The maximum atomic E-state index is 12.2. The number of thioether (sulfide) groups is 1. The maximum absolute atomic E-state index is 12.2. The molecular formula is C31H49BN3O8S3. The summed E-state index contributed by atoms with van der Waals surface area (Å²) in [4.78, 5) is 24.4. The Morgan fingerprint density at radius 1 is 1.26 bits per heavy atom. The average Bonchev–Trinajstić information content (AvgIpc) is 3.41. The molecule has 1 aliphatic heterocycles. The number of aliphatic hydroxyl groups is 1. The van der Waals surface area contributed by atoms with E-state index in [9.17, 15) is 14.7 Å². The van der Waals surface area contributed by atoms with E-state index in [1.54, 1.807) is 64.9 Å². The van der Waals surface area contributed by atoms with Crippen LogP contribution in [0.3, 0.4) is 0 Å². The van der Waals surface area contributed by atoms with Crippen LogP contribution in [0.5, 0.6) is 5.75 Å². The van der Waals surface area contributed by atoms with Gasteiger partial charge in [0.2, 0.25) is 5.91 Å². The van der Waals surface area contributed by atoms with Crippen LogP contribution < -0.4 is 21.1 Å². The number of ether oxygens (including phenoxy) is 5. The molecule has 0 spiro atoms. The van der Waals surface area contributed by atoms with Gasteiger partial charge in [-0.05, 0) is 37.3 Å². The first kappa shape index (κ1) is 40.6. The Kier molecular flexibility index (Phi) is 20.2. The van der Waals surface area contributed by atoms with Crippen LogP contribution in [0.1, 0.15) is 51.4 Å². The number of carbonyl (C=O) groups is 2. The minimum atomic E-state index is -0.374. The molecule has 1 radical (unpaired) electrons. The van der Waals surface area contributed by atoms with Crippen LogP contribution in [0.2, 0.25) is 0 Å². The summed E-state index contributed by atoms with van der Waals surface area (Å²) in [5, 5.41) is 15.1. The van der Waals surface area contributed by atoms with Gasteiger partial charge >= 0.3 is 0 Å². The molecule has 15 heteroatoms. The largest absolute Gasteiger partial charge is 0.490 e. The van der Waals surface area contributed by atoms with Gasteiger partial charge in [-0.3, -0.25) is 9.59 Å². The minimum absolute atomic E-state index is 0.0114. The standard InChI is InChI=1S/C31H49BN3O8S3/c1-6-44-22(2)42-25-18-27(43-26(25)19-36)32-11-8-13-34-28(37)20-39-15-16-40-29(45-46-31(3,4)5)21-41-24-10-7-9-23(17-24)30(38)35-14-12-33/h7,9-10,17,22,25-27,29,36H,6,12-16,18-21,33H2,1-5H3,(H,34,37)(H,35,38)/t22-,25-,26?,27-,29?/m1/s1. The molecule has 1 fully saturated rings. The lowest BCUT2D eigenvalue weighted by molar-refractivity contribution is -0.126. The van der Waals surface area contributed by atoms with Crippen molar-refractivity contribution in [2.75, 3.05) is 58.4 Å². The Labute approximate surface area is 286 Å². The first-order chi connectivity index (χ1) is 22.0. The quantitative estimate of drug-likeness (QED) is 0.0492. The second-order valence-corrected chi connectivity index (χ2v) is 15.9. The normalized spacial score (nSPS) is 19.1. The molecule has 2 rings (SSSR count). The average molecular weight is 699 g/mol. The van der Waals surface area contributed by atoms with E-state index in [2.05, 4.69) is 50.1 Å². The van der Waals surface area contributed by atoms with Gasteiger partial charge < -0.3 is 45.2 Å². The summed E-state index contributed by atoms with van der Waals surface area (Å²) in [6.45, 7) is 11.9. The number of nitrogens with one attached hydrogen (secondary N) is 2. The lowest BCUT2D eigenvalue weighted by Gasteiger charge is -2.22. The third kappa shape index (κ3) is 17.5. The molecule has 5 N–H and O–H groups in total. The molecule has 0 aromatic heterocycles. The molecule has 1 aromatic rings.